The number of benzene rings is 1. The number of carbonyl (C=O) groups excluding carboxylic acids is 1. The zero-order valence-electron chi connectivity index (χ0n) is 10.2. The monoisotopic (exact) mass is 231 g/mol. The smallest absolute Gasteiger partial charge is 0.161 e. The van der Waals surface area contributed by atoms with E-state index < -0.39 is 6.10 Å². The summed E-state index contributed by atoms with van der Waals surface area (Å²) in [4.78, 5) is 13.5. The van der Waals surface area contributed by atoms with Gasteiger partial charge in [0, 0.05) is 31.8 Å². The molecule has 0 bridgehead atoms. The zero-order valence-corrected chi connectivity index (χ0v) is 10.2. The highest BCUT2D eigenvalue weighted by Crippen LogP contribution is 2.28. The zero-order chi connectivity index (χ0) is 12.4. The molecule has 0 fully saturated rings. The predicted molar refractivity (Wildman–Crippen MR) is 68.1 cm³/mol. The van der Waals surface area contributed by atoms with Crippen molar-refractivity contribution in [3.05, 3.63) is 41.5 Å². The standard InChI is InChI=1S/C14H17NO2/c1-15(2)11-8-6-10(7-9-11)14(17)12-4-3-5-13(12)16/h4,6-9,14,17H,3,5H2,1-2H3. The van der Waals surface area contributed by atoms with Crippen LogP contribution in [0.15, 0.2) is 35.9 Å². The fourth-order valence-corrected chi connectivity index (χ4v) is 2.02. The van der Waals surface area contributed by atoms with Crippen molar-refractivity contribution in [3.8, 4) is 0 Å². The number of aliphatic hydroxyl groups excluding tert-OH is 1. The minimum Gasteiger partial charge on any atom is -0.384 e. The lowest BCUT2D eigenvalue weighted by Gasteiger charge is -2.15. The number of anilines is 1. The van der Waals surface area contributed by atoms with Crippen LogP contribution in [0.3, 0.4) is 0 Å². The fraction of sp³-hybridized carbons (Fsp3) is 0.357. The first-order valence-electron chi connectivity index (χ1n) is 5.78. The van der Waals surface area contributed by atoms with Crippen molar-refractivity contribution in [1.29, 1.82) is 0 Å². The van der Waals surface area contributed by atoms with Gasteiger partial charge in [-0.15, -0.1) is 0 Å². The number of ketones is 1. The first-order valence-corrected chi connectivity index (χ1v) is 5.78. The number of hydrogen-bond acceptors (Lipinski definition) is 3. The molecule has 17 heavy (non-hydrogen) atoms. The van der Waals surface area contributed by atoms with Gasteiger partial charge in [-0.05, 0) is 24.1 Å². The number of rotatable bonds is 3. The third kappa shape index (κ3) is 2.39. The molecule has 1 aromatic rings. The van der Waals surface area contributed by atoms with Crippen molar-refractivity contribution in [2.24, 2.45) is 0 Å². The molecule has 0 spiro atoms. The molecule has 0 aliphatic heterocycles. The average molecular weight is 231 g/mol. The number of carbonyl (C=O) groups is 1. The van der Waals surface area contributed by atoms with E-state index in [4.69, 9.17) is 0 Å². The Kier molecular flexibility index (Phi) is 3.29. The van der Waals surface area contributed by atoms with Crippen molar-refractivity contribution < 1.29 is 9.90 Å². The summed E-state index contributed by atoms with van der Waals surface area (Å²) < 4.78 is 0. The molecule has 0 saturated carbocycles. The van der Waals surface area contributed by atoms with E-state index in [1.54, 1.807) is 0 Å². The van der Waals surface area contributed by atoms with Gasteiger partial charge in [0.2, 0.25) is 0 Å². The van der Waals surface area contributed by atoms with Gasteiger partial charge >= 0.3 is 0 Å². The SMILES string of the molecule is CN(C)c1ccc(C(O)C2=CCCC2=O)cc1. The van der Waals surface area contributed by atoms with Gasteiger partial charge in [-0.3, -0.25) is 4.79 Å². The van der Waals surface area contributed by atoms with Crippen LogP contribution in [0.25, 0.3) is 0 Å². The largest absolute Gasteiger partial charge is 0.384 e. The summed E-state index contributed by atoms with van der Waals surface area (Å²) in [7, 11) is 3.93. The van der Waals surface area contributed by atoms with Crippen LogP contribution in [0.1, 0.15) is 24.5 Å². The maximum Gasteiger partial charge on any atom is 0.161 e. The fourth-order valence-electron chi connectivity index (χ4n) is 2.02. The van der Waals surface area contributed by atoms with Gasteiger partial charge in [0.25, 0.3) is 0 Å². The number of aliphatic hydroxyl groups is 1. The predicted octanol–water partition coefficient (Wildman–Crippen LogP) is 2.08. The summed E-state index contributed by atoms with van der Waals surface area (Å²) in [5.41, 5.74) is 2.40. The summed E-state index contributed by atoms with van der Waals surface area (Å²) in [6.45, 7) is 0. The normalized spacial score (nSPS) is 16.9. The summed E-state index contributed by atoms with van der Waals surface area (Å²) in [6, 6.07) is 7.62. The van der Waals surface area contributed by atoms with E-state index in [9.17, 15) is 9.90 Å². The number of allylic oxidation sites excluding steroid dienone is 1. The van der Waals surface area contributed by atoms with E-state index in [1.165, 1.54) is 0 Å². The summed E-state index contributed by atoms with van der Waals surface area (Å²) >= 11 is 0. The van der Waals surface area contributed by atoms with Gasteiger partial charge in [0.05, 0.1) is 0 Å². The van der Waals surface area contributed by atoms with Crippen molar-refractivity contribution in [2.75, 3.05) is 19.0 Å². The molecular weight excluding hydrogens is 214 g/mol. The number of Topliss-reactive ketones (excluding diaryl/α,β-unsaturated/α-hetero) is 1. The first kappa shape index (κ1) is 11.9. The molecule has 2 rings (SSSR count). The van der Waals surface area contributed by atoms with Crippen LogP contribution in [-0.4, -0.2) is 25.0 Å². The number of hydrogen-bond donors (Lipinski definition) is 1. The van der Waals surface area contributed by atoms with Crippen LogP contribution in [0.5, 0.6) is 0 Å². The highest BCUT2D eigenvalue weighted by Gasteiger charge is 2.23. The Morgan fingerprint density at radius 1 is 1.24 bits per heavy atom. The minimum atomic E-state index is -0.777. The van der Waals surface area contributed by atoms with Crippen LogP contribution in [0.4, 0.5) is 5.69 Å². The van der Waals surface area contributed by atoms with Crippen molar-refractivity contribution in [1.82, 2.24) is 0 Å². The average Bonchev–Trinajstić information content (AvgIpc) is 2.74. The van der Waals surface area contributed by atoms with Gasteiger partial charge in [-0.25, -0.2) is 0 Å². The Bertz CT molecular complexity index is 446. The van der Waals surface area contributed by atoms with Crippen molar-refractivity contribution in [3.63, 3.8) is 0 Å². The molecule has 1 aliphatic rings. The lowest BCUT2D eigenvalue weighted by molar-refractivity contribution is -0.115. The summed E-state index contributed by atoms with van der Waals surface area (Å²) in [5.74, 6) is 0.0641. The lowest BCUT2D eigenvalue weighted by atomic mass is 10.00. The molecule has 0 saturated heterocycles. The molecular formula is C14H17NO2. The number of nitrogens with zero attached hydrogens (tertiary/aromatic N) is 1. The Hall–Kier alpha value is -1.61. The van der Waals surface area contributed by atoms with Gasteiger partial charge < -0.3 is 10.0 Å². The van der Waals surface area contributed by atoms with Gasteiger partial charge in [0.15, 0.2) is 5.78 Å². The second-order valence-corrected chi connectivity index (χ2v) is 4.51. The molecule has 3 heteroatoms. The molecule has 0 aromatic heterocycles. The topological polar surface area (TPSA) is 40.5 Å². The van der Waals surface area contributed by atoms with Crippen molar-refractivity contribution >= 4 is 11.5 Å². The molecule has 90 valence electrons. The molecule has 1 atom stereocenters. The minimum absolute atomic E-state index is 0.0641. The van der Waals surface area contributed by atoms with Crippen LogP contribution >= 0.6 is 0 Å². The van der Waals surface area contributed by atoms with E-state index >= 15 is 0 Å². The lowest BCUT2D eigenvalue weighted by Crippen LogP contribution is -2.10. The second kappa shape index (κ2) is 4.72. The van der Waals surface area contributed by atoms with Crippen molar-refractivity contribution in [2.45, 2.75) is 18.9 Å². The molecule has 0 amide bonds. The molecule has 0 heterocycles. The molecule has 1 aromatic carbocycles. The van der Waals surface area contributed by atoms with E-state index in [0.29, 0.717) is 12.0 Å². The molecule has 0 radical (unpaired) electrons. The maximum atomic E-state index is 11.5. The van der Waals surface area contributed by atoms with E-state index in [2.05, 4.69) is 0 Å². The van der Waals surface area contributed by atoms with Gasteiger partial charge in [-0.2, -0.15) is 0 Å². The molecule has 1 unspecified atom stereocenters. The molecule has 1 aliphatic carbocycles. The van der Waals surface area contributed by atoms with Crippen LogP contribution in [-0.2, 0) is 4.79 Å². The van der Waals surface area contributed by atoms with E-state index in [-0.39, 0.29) is 5.78 Å². The van der Waals surface area contributed by atoms with Crippen LogP contribution in [0.2, 0.25) is 0 Å². The Morgan fingerprint density at radius 2 is 1.88 bits per heavy atom. The third-order valence-electron chi connectivity index (χ3n) is 3.08. The molecule has 3 nitrogen and oxygen atoms in total. The van der Waals surface area contributed by atoms with Gasteiger partial charge in [-0.1, -0.05) is 18.2 Å². The first-order chi connectivity index (χ1) is 8.09. The third-order valence-corrected chi connectivity index (χ3v) is 3.08. The quantitative estimate of drug-likeness (QED) is 0.865. The Morgan fingerprint density at radius 3 is 2.35 bits per heavy atom. The van der Waals surface area contributed by atoms with E-state index in [0.717, 1.165) is 17.7 Å². The van der Waals surface area contributed by atoms with Gasteiger partial charge in [0.1, 0.15) is 6.10 Å². The second-order valence-electron chi connectivity index (χ2n) is 4.51. The van der Waals surface area contributed by atoms with Crippen LogP contribution in [0, 0.1) is 0 Å². The summed E-state index contributed by atoms with van der Waals surface area (Å²) in [5, 5.41) is 10.1. The van der Waals surface area contributed by atoms with E-state index in [1.807, 2.05) is 49.3 Å². The maximum absolute atomic E-state index is 11.5. The highest BCUT2D eigenvalue weighted by atomic mass is 16.3. The molecule has 1 N–H and O–H groups in total. The Labute approximate surface area is 101 Å². The highest BCUT2D eigenvalue weighted by molar-refractivity contribution is 5.98. The summed E-state index contributed by atoms with van der Waals surface area (Å²) in [6.07, 6.45) is 2.34. The Balaban J connectivity index is 2.20. The van der Waals surface area contributed by atoms with Crippen LogP contribution < -0.4 is 4.90 Å².